The topological polar surface area (TPSA) is 29.5 Å². The number of ether oxygens (including phenoxy) is 1. The van der Waals surface area contributed by atoms with Crippen LogP contribution in [0.25, 0.3) is 0 Å². The molecule has 116 valence electrons. The van der Waals surface area contributed by atoms with Gasteiger partial charge in [-0.05, 0) is 57.5 Å². The third-order valence-electron chi connectivity index (χ3n) is 4.64. The van der Waals surface area contributed by atoms with E-state index in [1.807, 2.05) is 6.92 Å². The van der Waals surface area contributed by atoms with Gasteiger partial charge in [0.2, 0.25) is 0 Å². The number of hydrogen-bond donors (Lipinski definition) is 0. The van der Waals surface area contributed by atoms with Crippen LogP contribution in [0, 0.1) is 0 Å². The molecule has 1 aliphatic heterocycles. The summed E-state index contributed by atoms with van der Waals surface area (Å²) >= 11 is 6.08. The lowest BCUT2D eigenvalue weighted by atomic mass is 9.85. The van der Waals surface area contributed by atoms with Crippen molar-refractivity contribution in [2.24, 2.45) is 0 Å². The molecule has 1 saturated heterocycles. The van der Waals surface area contributed by atoms with Gasteiger partial charge >= 0.3 is 0 Å². The van der Waals surface area contributed by atoms with Crippen LogP contribution >= 0.6 is 11.6 Å². The number of piperidine rings is 1. The highest BCUT2D eigenvalue weighted by molar-refractivity contribution is 6.31. The molecule has 4 heteroatoms. The molecule has 0 amide bonds. The van der Waals surface area contributed by atoms with E-state index in [2.05, 4.69) is 11.8 Å². The van der Waals surface area contributed by atoms with Gasteiger partial charge in [0.25, 0.3) is 0 Å². The van der Waals surface area contributed by atoms with Crippen LogP contribution in [0.5, 0.6) is 5.75 Å². The summed E-state index contributed by atoms with van der Waals surface area (Å²) in [5, 5.41) is 0.566. The first-order chi connectivity index (χ1) is 10.0. The van der Waals surface area contributed by atoms with E-state index < -0.39 is 5.54 Å². The van der Waals surface area contributed by atoms with Crippen molar-refractivity contribution < 1.29 is 9.53 Å². The molecular weight excluding hydrogens is 286 g/mol. The number of methoxy groups -OCH3 is 1. The Morgan fingerprint density at radius 1 is 1.33 bits per heavy atom. The minimum Gasteiger partial charge on any atom is -0.496 e. The van der Waals surface area contributed by atoms with Crippen LogP contribution in [0.2, 0.25) is 5.02 Å². The second-order valence-corrected chi connectivity index (χ2v) is 6.29. The van der Waals surface area contributed by atoms with Crippen LogP contribution in [0.15, 0.2) is 18.2 Å². The first-order valence-electron chi connectivity index (χ1n) is 7.66. The molecule has 3 nitrogen and oxygen atoms in total. The molecule has 0 aliphatic carbocycles. The largest absolute Gasteiger partial charge is 0.496 e. The minimum absolute atomic E-state index is 0.103. The second kappa shape index (κ2) is 6.80. The van der Waals surface area contributed by atoms with Gasteiger partial charge in [-0.3, -0.25) is 9.69 Å². The molecule has 1 aromatic carbocycles. The molecule has 0 saturated carbocycles. The maximum Gasteiger partial charge on any atom is 0.186 e. The highest BCUT2D eigenvalue weighted by atomic mass is 35.5. The fourth-order valence-electron chi connectivity index (χ4n) is 3.06. The van der Waals surface area contributed by atoms with E-state index >= 15 is 0 Å². The molecule has 1 heterocycles. The van der Waals surface area contributed by atoms with Crippen molar-refractivity contribution in [2.75, 3.05) is 20.2 Å². The molecule has 0 bridgehead atoms. The van der Waals surface area contributed by atoms with E-state index in [4.69, 9.17) is 16.3 Å². The number of ketones is 1. The second-order valence-electron chi connectivity index (χ2n) is 5.85. The summed E-state index contributed by atoms with van der Waals surface area (Å²) in [4.78, 5) is 15.5. The fourth-order valence-corrected chi connectivity index (χ4v) is 3.24. The smallest absolute Gasteiger partial charge is 0.186 e. The van der Waals surface area contributed by atoms with Crippen molar-refractivity contribution in [3.63, 3.8) is 0 Å². The lowest BCUT2D eigenvalue weighted by molar-refractivity contribution is 0.0503. The Morgan fingerprint density at radius 3 is 2.57 bits per heavy atom. The Hall–Kier alpha value is -1.06. The van der Waals surface area contributed by atoms with Crippen molar-refractivity contribution in [2.45, 2.75) is 45.1 Å². The molecule has 0 aromatic heterocycles. The normalized spacial score (nSPS) is 19.0. The van der Waals surface area contributed by atoms with Crippen LogP contribution in [0.4, 0.5) is 0 Å². The van der Waals surface area contributed by atoms with Crippen molar-refractivity contribution in [3.8, 4) is 5.75 Å². The molecule has 1 unspecified atom stereocenters. The van der Waals surface area contributed by atoms with Gasteiger partial charge in [-0.1, -0.05) is 24.9 Å². The van der Waals surface area contributed by atoms with Crippen LogP contribution in [0.3, 0.4) is 0 Å². The number of nitrogens with zero attached hydrogens (tertiary/aromatic N) is 1. The van der Waals surface area contributed by atoms with E-state index in [9.17, 15) is 4.79 Å². The minimum atomic E-state index is -0.488. The zero-order valence-corrected chi connectivity index (χ0v) is 13.9. The van der Waals surface area contributed by atoms with Gasteiger partial charge in [-0.15, -0.1) is 0 Å². The molecule has 0 spiro atoms. The van der Waals surface area contributed by atoms with E-state index in [1.165, 1.54) is 6.42 Å². The number of likely N-dealkylation sites (tertiary alicyclic amines) is 1. The van der Waals surface area contributed by atoms with Gasteiger partial charge < -0.3 is 4.74 Å². The lowest BCUT2D eigenvalue weighted by Gasteiger charge is -2.42. The summed E-state index contributed by atoms with van der Waals surface area (Å²) in [5.41, 5.74) is 0.0955. The Labute approximate surface area is 132 Å². The van der Waals surface area contributed by atoms with Gasteiger partial charge in [-0.25, -0.2) is 0 Å². The number of Topliss-reactive ketones (excluding diaryl/α,β-unsaturated/α-hetero) is 1. The molecular formula is C17H24ClNO2. The molecule has 0 N–H and O–H groups in total. The SMILES string of the molecule is CCC(C)(C(=O)c1cc(Cl)ccc1OC)N1CCCCC1. The highest BCUT2D eigenvalue weighted by Gasteiger charge is 2.39. The van der Waals surface area contributed by atoms with E-state index in [0.717, 1.165) is 32.4 Å². The Morgan fingerprint density at radius 2 is 2.00 bits per heavy atom. The van der Waals surface area contributed by atoms with Crippen molar-refractivity contribution >= 4 is 17.4 Å². The van der Waals surface area contributed by atoms with E-state index in [0.29, 0.717) is 16.3 Å². The molecule has 1 aliphatic rings. The van der Waals surface area contributed by atoms with Gasteiger partial charge in [0, 0.05) is 5.02 Å². The van der Waals surface area contributed by atoms with Crippen molar-refractivity contribution in [1.82, 2.24) is 4.90 Å². The highest BCUT2D eigenvalue weighted by Crippen LogP contribution is 2.32. The zero-order valence-electron chi connectivity index (χ0n) is 13.1. The maximum absolute atomic E-state index is 13.1. The average Bonchev–Trinajstić information content (AvgIpc) is 2.54. The van der Waals surface area contributed by atoms with E-state index in [-0.39, 0.29) is 5.78 Å². The Kier molecular flexibility index (Phi) is 5.28. The standard InChI is InChI=1S/C17H24ClNO2/c1-4-17(2,19-10-6-5-7-11-19)16(20)14-12-13(18)8-9-15(14)21-3/h8-9,12H,4-7,10-11H2,1-3H3. The van der Waals surface area contributed by atoms with Crippen LogP contribution in [0.1, 0.15) is 49.9 Å². The number of carbonyl (C=O) groups is 1. The van der Waals surface area contributed by atoms with Crippen LogP contribution < -0.4 is 4.74 Å². The number of halogens is 1. The lowest BCUT2D eigenvalue weighted by Crippen LogP contribution is -2.54. The Bertz CT molecular complexity index is 512. The summed E-state index contributed by atoms with van der Waals surface area (Å²) in [5.74, 6) is 0.701. The third-order valence-corrected chi connectivity index (χ3v) is 4.87. The number of carbonyl (C=O) groups excluding carboxylic acids is 1. The average molecular weight is 310 g/mol. The monoisotopic (exact) mass is 309 g/mol. The summed E-state index contributed by atoms with van der Waals surface area (Å²) < 4.78 is 5.35. The van der Waals surface area contributed by atoms with Crippen LogP contribution in [-0.4, -0.2) is 36.4 Å². The fraction of sp³-hybridized carbons (Fsp3) is 0.588. The molecule has 1 aromatic rings. The Balaban J connectivity index is 2.37. The predicted octanol–water partition coefficient (Wildman–Crippen LogP) is 4.19. The summed E-state index contributed by atoms with van der Waals surface area (Å²) in [6.45, 7) is 6.09. The van der Waals surface area contributed by atoms with Crippen molar-refractivity contribution in [1.29, 1.82) is 0 Å². The van der Waals surface area contributed by atoms with Crippen LogP contribution in [-0.2, 0) is 0 Å². The van der Waals surface area contributed by atoms with E-state index in [1.54, 1.807) is 25.3 Å². The molecule has 2 rings (SSSR count). The zero-order chi connectivity index (χ0) is 15.5. The van der Waals surface area contributed by atoms with Gasteiger partial charge in [0.1, 0.15) is 5.75 Å². The first kappa shape index (κ1) is 16.3. The number of benzene rings is 1. The molecule has 1 fully saturated rings. The number of rotatable bonds is 5. The molecule has 0 radical (unpaired) electrons. The summed E-state index contributed by atoms with van der Waals surface area (Å²) in [6.07, 6.45) is 4.36. The van der Waals surface area contributed by atoms with Gasteiger partial charge in [0.15, 0.2) is 5.78 Å². The first-order valence-corrected chi connectivity index (χ1v) is 8.04. The predicted molar refractivity (Wildman–Crippen MR) is 86.5 cm³/mol. The van der Waals surface area contributed by atoms with Crippen molar-refractivity contribution in [3.05, 3.63) is 28.8 Å². The van der Waals surface area contributed by atoms with Gasteiger partial charge in [-0.2, -0.15) is 0 Å². The molecule has 1 atom stereocenters. The quantitative estimate of drug-likeness (QED) is 0.764. The number of hydrogen-bond acceptors (Lipinski definition) is 3. The molecule has 21 heavy (non-hydrogen) atoms. The van der Waals surface area contributed by atoms with Gasteiger partial charge in [0.05, 0.1) is 18.2 Å². The summed E-state index contributed by atoms with van der Waals surface area (Å²) in [7, 11) is 1.59. The maximum atomic E-state index is 13.1. The third kappa shape index (κ3) is 3.24. The summed E-state index contributed by atoms with van der Waals surface area (Å²) in [6, 6.07) is 5.24.